The van der Waals surface area contributed by atoms with Gasteiger partial charge in [-0.05, 0) is 56.2 Å². The summed E-state index contributed by atoms with van der Waals surface area (Å²) in [4.78, 5) is 18.8. The van der Waals surface area contributed by atoms with Gasteiger partial charge < -0.3 is 9.84 Å². The number of hydrogen-bond donors (Lipinski definition) is 1. The van der Waals surface area contributed by atoms with E-state index in [-0.39, 0.29) is 6.03 Å². The number of para-hydroxylation sites is 1. The van der Waals surface area contributed by atoms with Gasteiger partial charge in [0.25, 0.3) is 0 Å². The number of urea groups is 1. The van der Waals surface area contributed by atoms with Crippen LogP contribution in [-0.4, -0.2) is 22.7 Å². The number of carbonyl (C=O) groups excluding carboxylic acids is 1. The summed E-state index contributed by atoms with van der Waals surface area (Å²) >= 11 is 0. The average molecular weight is 362 g/mol. The van der Waals surface area contributed by atoms with Gasteiger partial charge in [-0.25, -0.2) is 4.79 Å². The highest BCUT2D eigenvalue weighted by atomic mass is 16.5. The molecule has 0 bridgehead atoms. The van der Waals surface area contributed by atoms with E-state index >= 15 is 0 Å². The van der Waals surface area contributed by atoms with E-state index in [0.717, 1.165) is 35.7 Å². The van der Waals surface area contributed by atoms with Crippen LogP contribution in [0, 0.1) is 0 Å². The number of nitrogens with zero attached hydrogens (tertiary/aromatic N) is 3. The molecule has 0 saturated heterocycles. The lowest BCUT2D eigenvalue weighted by molar-refractivity contribution is 0.257. The highest BCUT2D eigenvalue weighted by Crippen LogP contribution is 2.36. The van der Waals surface area contributed by atoms with E-state index in [1.807, 2.05) is 61.5 Å². The van der Waals surface area contributed by atoms with Gasteiger partial charge in [0.1, 0.15) is 0 Å². The predicted molar refractivity (Wildman–Crippen MR) is 105 cm³/mol. The Morgan fingerprint density at radius 2 is 1.89 bits per heavy atom. The van der Waals surface area contributed by atoms with Crippen molar-refractivity contribution in [2.75, 3.05) is 16.8 Å². The highest BCUT2D eigenvalue weighted by Gasteiger charge is 2.25. The molecule has 2 aromatic carbocycles. The lowest BCUT2D eigenvalue weighted by Crippen LogP contribution is -2.34. The van der Waals surface area contributed by atoms with E-state index in [9.17, 15) is 4.79 Å². The van der Waals surface area contributed by atoms with Crippen LogP contribution in [-0.2, 0) is 0 Å². The summed E-state index contributed by atoms with van der Waals surface area (Å²) in [5, 5.41) is 7.01. The molecule has 0 unspecified atom stereocenters. The molecule has 1 heterocycles. The van der Waals surface area contributed by atoms with Crippen molar-refractivity contribution in [1.29, 1.82) is 0 Å². The minimum absolute atomic E-state index is 0.164. The first-order valence-electron chi connectivity index (χ1n) is 9.32. The second-order valence-corrected chi connectivity index (χ2v) is 6.67. The van der Waals surface area contributed by atoms with Crippen molar-refractivity contribution >= 4 is 17.4 Å². The van der Waals surface area contributed by atoms with Crippen LogP contribution < -0.4 is 10.2 Å². The Morgan fingerprint density at radius 3 is 2.52 bits per heavy atom. The minimum atomic E-state index is -0.164. The first-order valence-corrected chi connectivity index (χ1v) is 9.32. The Bertz CT molecular complexity index is 901. The fraction of sp³-hybridized carbons (Fsp3) is 0.286. The van der Waals surface area contributed by atoms with Gasteiger partial charge in [-0.15, -0.1) is 0 Å². The molecule has 1 fully saturated rings. The molecule has 1 saturated carbocycles. The Hall–Kier alpha value is -3.15. The summed E-state index contributed by atoms with van der Waals surface area (Å²) in [5.41, 5.74) is 2.46. The lowest BCUT2D eigenvalue weighted by Gasteiger charge is -2.21. The van der Waals surface area contributed by atoms with Gasteiger partial charge in [0.2, 0.25) is 11.7 Å². The first kappa shape index (κ1) is 17.3. The molecular formula is C21H22N4O2. The highest BCUT2D eigenvalue weighted by molar-refractivity contribution is 6.01. The molecule has 138 valence electrons. The van der Waals surface area contributed by atoms with Crippen LogP contribution in [0.25, 0.3) is 11.4 Å². The summed E-state index contributed by atoms with van der Waals surface area (Å²) in [6, 6.07) is 16.9. The fourth-order valence-electron chi connectivity index (χ4n) is 3.12. The predicted octanol–water partition coefficient (Wildman–Crippen LogP) is 5.06. The van der Waals surface area contributed by atoms with Crippen molar-refractivity contribution < 1.29 is 9.32 Å². The van der Waals surface area contributed by atoms with Crippen LogP contribution >= 0.6 is 0 Å². The van der Waals surface area contributed by atoms with Gasteiger partial charge in [0.15, 0.2) is 0 Å². The summed E-state index contributed by atoms with van der Waals surface area (Å²) in [7, 11) is 0. The van der Waals surface area contributed by atoms with Crippen molar-refractivity contribution in [2.45, 2.75) is 32.1 Å². The van der Waals surface area contributed by atoms with Crippen LogP contribution in [0.2, 0.25) is 0 Å². The monoisotopic (exact) mass is 362 g/mol. The zero-order chi connectivity index (χ0) is 18.6. The van der Waals surface area contributed by atoms with Crippen molar-refractivity contribution in [3.05, 3.63) is 60.5 Å². The zero-order valence-corrected chi connectivity index (χ0v) is 15.3. The van der Waals surface area contributed by atoms with Gasteiger partial charge in [-0.2, -0.15) is 4.98 Å². The SMILES string of the molecule is CCN(C(=O)Nc1ccc(-c2noc(C3CCC3)n2)cc1)c1ccccc1. The van der Waals surface area contributed by atoms with Gasteiger partial charge in [0, 0.05) is 29.4 Å². The van der Waals surface area contributed by atoms with Crippen LogP contribution in [0.5, 0.6) is 0 Å². The topological polar surface area (TPSA) is 71.3 Å². The molecule has 1 N–H and O–H groups in total. The minimum Gasteiger partial charge on any atom is -0.339 e. The molecule has 3 aromatic rings. The summed E-state index contributed by atoms with van der Waals surface area (Å²) in [6.45, 7) is 2.53. The van der Waals surface area contributed by atoms with Crippen LogP contribution in [0.4, 0.5) is 16.2 Å². The first-order chi connectivity index (χ1) is 13.2. The molecule has 0 aliphatic heterocycles. The van der Waals surface area contributed by atoms with Crippen molar-refractivity contribution in [3.8, 4) is 11.4 Å². The third-order valence-electron chi connectivity index (χ3n) is 4.92. The van der Waals surface area contributed by atoms with Crippen molar-refractivity contribution in [2.24, 2.45) is 0 Å². The summed E-state index contributed by atoms with van der Waals surface area (Å²) < 4.78 is 5.38. The van der Waals surface area contributed by atoms with E-state index in [0.29, 0.717) is 18.3 Å². The molecule has 6 heteroatoms. The van der Waals surface area contributed by atoms with Crippen molar-refractivity contribution in [3.63, 3.8) is 0 Å². The molecule has 1 aromatic heterocycles. The Labute approximate surface area is 158 Å². The summed E-state index contributed by atoms with van der Waals surface area (Å²) in [6.07, 6.45) is 3.48. The number of anilines is 2. The smallest absolute Gasteiger partial charge is 0.326 e. The van der Waals surface area contributed by atoms with Crippen LogP contribution in [0.3, 0.4) is 0 Å². The average Bonchev–Trinajstić information content (AvgIpc) is 3.12. The molecule has 6 nitrogen and oxygen atoms in total. The molecule has 27 heavy (non-hydrogen) atoms. The molecule has 1 aliphatic rings. The van der Waals surface area contributed by atoms with Crippen LogP contribution in [0.15, 0.2) is 59.1 Å². The number of benzene rings is 2. The van der Waals surface area contributed by atoms with Gasteiger partial charge in [0.05, 0.1) is 0 Å². The summed E-state index contributed by atoms with van der Waals surface area (Å²) in [5.74, 6) is 1.74. The van der Waals surface area contributed by atoms with Crippen molar-refractivity contribution in [1.82, 2.24) is 10.1 Å². The molecular weight excluding hydrogens is 340 g/mol. The Kier molecular flexibility index (Phi) is 4.87. The third kappa shape index (κ3) is 3.69. The maximum atomic E-state index is 12.6. The van der Waals surface area contributed by atoms with Gasteiger partial charge in [-0.3, -0.25) is 4.90 Å². The standard InChI is InChI=1S/C21H22N4O2/c1-2-25(18-9-4-3-5-10-18)21(26)22-17-13-11-15(12-14-17)19-23-20(27-24-19)16-7-6-8-16/h3-5,9-14,16H,2,6-8H2,1H3,(H,22,26). The number of nitrogens with one attached hydrogen (secondary N) is 1. The fourth-order valence-corrected chi connectivity index (χ4v) is 3.12. The normalized spacial score (nSPS) is 13.8. The van der Waals surface area contributed by atoms with E-state index in [1.54, 1.807) is 4.90 Å². The molecule has 2 amide bonds. The molecule has 0 radical (unpaired) electrons. The van der Waals surface area contributed by atoms with E-state index in [1.165, 1.54) is 6.42 Å². The van der Waals surface area contributed by atoms with E-state index in [2.05, 4.69) is 15.5 Å². The van der Waals surface area contributed by atoms with Crippen LogP contribution in [0.1, 0.15) is 38.0 Å². The Morgan fingerprint density at radius 1 is 1.15 bits per heavy atom. The molecule has 0 spiro atoms. The second kappa shape index (κ2) is 7.61. The van der Waals surface area contributed by atoms with Gasteiger partial charge >= 0.3 is 6.03 Å². The maximum absolute atomic E-state index is 12.6. The van der Waals surface area contributed by atoms with E-state index in [4.69, 9.17) is 4.52 Å². The van der Waals surface area contributed by atoms with Gasteiger partial charge in [-0.1, -0.05) is 29.8 Å². The Balaban J connectivity index is 1.44. The second-order valence-electron chi connectivity index (χ2n) is 6.67. The largest absolute Gasteiger partial charge is 0.339 e. The maximum Gasteiger partial charge on any atom is 0.326 e. The third-order valence-corrected chi connectivity index (χ3v) is 4.92. The molecule has 1 aliphatic carbocycles. The number of rotatable bonds is 5. The zero-order valence-electron chi connectivity index (χ0n) is 15.3. The molecule has 4 rings (SSSR count). The molecule has 0 atom stereocenters. The van der Waals surface area contributed by atoms with E-state index < -0.39 is 0 Å². The quantitative estimate of drug-likeness (QED) is 0.688. The number of aromatic nitrogens is 2. The lowest BCUT2D eigenvalue weighted by atomic mass is 9.85. The number of carbonyl (C=O) groups is 1. The number of amides is 2. The number of hydrogen-bond acceptors (Lipinski definition) is 4.